The van der Waals surface area contributed by atoms with Crippen LogP contribution in [0.2, 0.25) is 0 Å². The highest BCUT2D eigenvalue weighted by Crippen LogP contribution is 2.25. The minimum Gasteiger partial charge on any atom is -0.326 e. The summed E-state index contributed by atoms with van der Waals surface area (Å²) in [5.74, 6) is -0.0298. The van der Waals surface area contributed by atoms with Gasteiger partial charge in [0.25, 0.3) is 0 Å². The van der Waals surface area contributed by atoms with Crippen molar-refractivity contribution in [2.45, 2.75) is 50.8 Å². The first-order valence-corrected chi connectivity index (χ1v) is 11.4. The largest absolute Gasteiger partial charge is 0.326 e. The van der Waals surface area contributed by atoms with E-state index in [4.69, 9.17) is 0 Å². The van der Waals surface area contributed by atoms with Gasteiger partial charge in [-0.2, -0.15) is 4.31 Å². The van der Waals surface area contributed by atoms with Crippen molar-refractivity contribution in [2.75, 3.05) is 18.4 Å². The molecule has 0 radical (unpaired) electrons. The summed E-state index contributed by atoms with van der Waals surface area (Å²) < 4.78 is 26.5. The molecular formula is C22H28N2O3S. The molecule has 0 bridgehead atoms. The number of hydrogen-bond acceptors (Lipinski definition) is 3. The van der Waals surface area contributed by atoms with Crippen LogP contribution in [0.15, 0.2) is 47.4 Å². The molecule has 2 aromatic carbocycles. The number of benzene rings is 2. The monoisotopic (exact) mass is 400 g/mol. The molecule has 0 aromatic heterocycles. The lowest BCUT2D eigenvalue weighted by molar-refractivity contribution is -0.116. The van der Waals surface area contributed by atoms with Crippen molar-refractivity contribution in [3.63, 3.8) is 0 Å². The van der Waals surface area contributed by atoms with Crippen LogP contribution in [0.3, 0.4) is 0 Å². The zero-order valence-corrected chi connectivity index (χ0v) is 17.4. The van der Waals surface area contributed by atoms with E-state index in [1.165, 1.54) is 21.9 Å². The molecule has 150 valence electrons. The Morgan fingerprint density at radius 1 is 1.00 bits per heavy atom. The zero-order chi connectivity index (χ0) is 20.1. The van der Waals surface area contributed by atoms with Crippen LogP contribution in [0.4, 0.5) is 5.69 Å². The van der Waals surface area contributed by atoms with Crippen LogP contribution in [-0.4, -0.2) is 31.7 Å². The van der Waals surface area contributed by atoms with E-state index in [1.54, 1.807) is 24.3 Å². The summed E-state index contributed by atoms with van der Waals surface area (Å²) in [6.07, 6.45) is 4.33. The van der Waals surface area contributed by atoms with Crippen molar-refractivity contribution in [2.24, 2.45) is 0 Å². The number of sulfonamides is 1. The van der Waals surface area contributed by atoms with E-state index in [-0.39, 0.29) is 5.91 Å². The van der Waals surface area contributed by atoms with Crippen LogP contribution in [-0.2, 0) is 34.1 Å². The number of aryl methyl sites for hydroxylation is 3. The minimum absolute atomic E-state index is 0.0298. The SMILES string of the molecule is CCN(CC)S(=O)(=O)c1ccc(CCC(=O)Nc2ccc3c(c2)CCC3)cc1. The highest BCUT2D eigenvalue weighted by molar-refractivity contribution is 7.89. The summed E-state index contributed by atoms with van der Waals surface area (Å²) in [7, 11) is -3.44. The molecule has 0 heterocycles. The Morgan fingerprint density at radius 3 is 2.36 bits per heavy atom. The molecule has 0 spiro atoms. The van der Waals surface area contributed by atoms with Crippen LogP contribution in [0.1, 0.15) is 43.4 Å². The van der Waals surface area contributed by atoms with E-state index in [1.807, 2.05) is 19.9 Å². The number of carbonyl (C=O) groups is 1. The molecule has 1 N–H and O–H groups in total. The predicted octanol–water partition coefficient (Wildman–Crippen LogP) is 3.78. The molecule has 0 fully saturated rings. The lowest BCUT2D eigenvalue weighted by Crippen LogP contribution is -2.30. The summed E-state index contributed by atoms with van der Waals surface area (Å²) in [4.78, 5) is 12.6. The number of anilines is 1. The van der Waals surface area contributed by atoms with Crippen LogP contribution in [0, 0.1) is 0 Å². The van der Waals surface area contributed by atoms with Crippen molar-refractivity contribution in [3.05, 3.63) is 59.2 Å². The summed E-state index contributed by atoms with van der Waals surface area (Å²) in [6.45, 7) is 4.55. The topological polar surface area (TPSA) is 66.5 Å². The Kier molecular flexibility index (Phi) is 6.52. The van der Waals surface area contributed by atoms with Gasteiger partial charge in [0.1, 0.15) is 0 Å². The molecule has 0 saturated carbocycles. The third-order valence-electron chi connectivity index (χ3n) is 5.29. The third-order valence-corrected chi connectivity index (χ3v) is 7.35. The van der Waals surface area contributed by atoms with Crippen molar-refractivity contribution >= 4 is 21.6 Å². The van der Waals surface area contributed by atoms with E-state index < -0.39 is 10.0 Å². The maximum Gasteiger partial charge on any atom is 0.243 e. The summed E-state index contributed by atoms with van der Waals surface area (Å²) >= 11 is 0. The van der Waals surface area contributed by atoms with Crippen LogP contribution >= 0.6 is 0 Å². The molecule has 1 aliphatic carbocycles. The molecule has 1 aliphatic rings. The Balaban J connectivity index is 1.57. The van der Waals surface area contributed by atoms with E-state index in [9.17, 15) is 13.2 Å². The lowest BCUT2D eigenvalue weighted by atomic mass is 10.1. The maximum absolute atomic E-state index is 12.5. The van der Waals surface area contributed by atoms with Gasteiger partial charge in [-0.15, -0.1) is 0 Å². The van der Waals surface area contributed by atoms with Gasteiger partial charge in [-0.25, -0.2) is 8.42 Å². The number of hydrogen-bond donors (Lipinski definition) is 1. The van der Waals surface area contributed by atoms with Gasteiger partial charge in [-0.05, 0) is 66.6 Å². The van der Waals surface area contributed by atoms with Crippen molar-refractivity contribution in [3.8, 4) is 0 Å². The second kappa shape index (κ2) is 8.88. The first-order chi connectivity index (χ1) is 13.4. The molecule has 5 nitrogen and oxygen atoms in total. The van der Waals surface area contributed by atoms with E-state index >= 15 is 0 Å². The molecule has 6 heteroatoms. The third kappa shape index (κ3) is 4.62. The average molecular weight is 401 g/mol. The molecule has 0 saturated heterocycles. The van der Waals surface area contributed by atoms with Gasteiger partial charge in [-0.3, -0.25) is 4.79 Å². The first kappa shape index (κ1) is 20.6. The van der Waals surface area contributed by atoms with Gasteiger partial charge in [-0.1, -0.05) is 32.0 Å². The van der Waals surface area contributed by atoms with Crippen LogP contribution < -0.4 is 5.32 Å². The molecule has 3 rings (SSSR count). The second-order valence-electron chi connectivity index (χ2n) is 7.12. The van der Waals surface area contributed by atoms with Gasteiger partial charge < -0.3 is 5.32 Å². The van der Waals surface area contributed by atoms with Gasteiger partial charge >= 0.3 is 0 Å². The fourth-order valence-corrected chi connectivity index (χ4v) is 5.13. The number of carbonyl (C=O) groups excluding carboxylic acids is 1. The number of rotatable bonds is 8. The Hall–Kier alpha value is -2.18. The minimum atomic E-state index is -3.44. The molecule has 2 aromatic rings. The van der Waals surface area contributed by atoms with Gasteiger partial charge in [0.2, 0.25) is 15.9 Å². The highest BCUT2D eigenvalue weighted by Gasteiger charge is 2.21. The van der Waals surface area contributed by atoms with E-state index in [0.29, 0.717) is 30.8 Å². The first-order valence-electron chi connectivity index (χ1n) is 9.94. The van der Waals surface area contributed by atoms with Gasteiger partial charge in [0.05, 0.1) is 4.90 Å². The summed E-state index contributed by atoms with van der Waals surface area (Å²) in [5, 5.41) is 2.97. The second-order valence-corrected chi connectivity index (χ2v) is 9.06. The molecule has 0 unspecified atom stereocenters. The molecule has 1 amide bonds. The average Bonchev–Trinajstić information content (AvgIpc) is 3.15. The predicted molar refractivity (Wildman–Crippen MR) is 112 cm³/mol. The van der Waals surface area contributed by atoms with Crippen LogP contribution in [0.25, 0.3) is 0 Å². The standard InChI is InChI=1S/C22H28N2O3S/c1-3-24(4-2)28(26,27)21-13-8-17(9-14-21)10-15-22(25)23-20-12-11-18-6-5-7-19(18)16-20/h8-9,11-14,16H,3-7,10,15H2,1-2H3,(H,23,25). The molecular weight excluding hydrogens is 372 g/mol. The van der Waals surface area contributed by atoms with Crippen molar-refractivity contribution in [1.82, 2.24) is 4.31 Å². The number of amides is 1. The lowest BCUT2D eigenvalue weighted by Gasteiger charge is -2.18. The smallest absolute Gasteiger partial charge is 0.243 e. The normalized spacial score (nSPS) is 13.5. The maximum atomic E-state index is 12.5. The summed E-state index contributed by atoms with van der Waals surface area (Å²) in [5.41, 5.74) is 4.52. The van der Waals surface area contributed by atoms with Gasteiger partial charge in [0, 0.05) is 25.2 Å². The van der Waals surface area contributed by atoms with Crippen LogP contribution in [0.5, 0.6) is 0 Å². The highest BCUT2D eigenvalue weighted by atomic mass is 32.2. The fourth-order valence-electron chi connectivity index (χ4n) is 3.67. The quantitative estimate of drug-likeness (QED) is 0.733. The number of fused-ring (bicyclic) bond motifs is 1. The Morgan fingerprint density at radius 2 is 1.68 bits per heavy atom. The van der Waals surface area contributed by atoms with Crippen molar-refractivity contribution < 1.29 is 13.2 Å². The zero-order valence-electron chi connectivity index (χ0n) is 16.6. The Bertz CT molecular complexity index is 933. The molecule has 0 aliphatic heterocycles. The van der Waals surface area contributed by atoms with Crippen molar-refractivity contribution in [1.29, 1.82) is 0 Å². The number of nitrogens with one attached hydrogen (secondary N) is 1. The molecule has 28 heavy (non-hydrogen) atoms. The van der Waals surface area contributed by atoms with E-state index in [2.05, 4.69) is 17.4 Å². The molecule has 0 atom stereocenters. The Labute approximate surface area is 167 Å². The number of nitrogens with zero attached hydrogens (tertiary/aromatic N) is 1. The van der Waals surface area contributed by atoms with Gasteiger partial charge in [0.15, 0.2) is 0 Å². The fraction of sp³-hybridized carbons (Fsp3) is 0.409. The van der Waals surface area contributed by atoms with E-state index in [0.717, 1.165) is 24.1 Å². The summed E-state index contributed by atoms with van der Waals surface area (Å²) in [6, 6.07) is 13.0.